The van der Waals surface area contributed by atoms with Crippen LogP contribution in [0.25, 0.3) is 21.9 Å². The second-order valence-corrected chi connectivity index (χ2v) is 7.41. The Morgan fingerprint density at radius 3 is 2.64 bits per heavy atom. The van der Waals surface area contributed by atoms with Crippen molar-refractivity contribution in [2.75, 3.05) is 20.8 Å². The third kappa shape index (κ3) is 4.48. The summed E-state index contributed by atoms with van der Waals surface area (Å²) in [6, 6.07) is 11.1. The molecular formula is C24H26N4O5. The highest BCUT2D eigenvalue weighted by molar-refractivity contribution is 6.05. The van der Waals surface area contributed by atoms with Gasteiger partial charge in [-0.15, -0.1) is 0 Å². The lowest BCUT2D eigenvalue weighted by atomic mass is 10.2. The molecule has 2 N–H and O–H groups in total. The lowest BCUT2D eigenvalue weighted by Crippen LogP contribution is -2.27. The second-order valence-electron chi connectivity index (χ2n) is 7.41. The first-order valence-corrected chi connectivity index (χ1v) is 10.7. The Labute approximate surface area is 190 Å². The average Bonchev–Trinajstić information content (AvgIpc) is 3.20. The van der Waals surface area contributed by atoms with Crippen molar-refractivity contribution in [2.45, 2.75) is 26.4 Å². The minimum atomic E-state index is -0.247. The van der Waals surface area contributed by atoms with Crippen LogP contribution in [-0.4, -0.2) is 41.3 Å². The maximum atomic E-state index is 13.0. The van der Waals surface area contributed by atoms with E-state index in [4.69, 9.17) is 14.2 Å². The number of carbonyl (C=O) groups is 1. The summed E-state index contributed by atoms with van der Waals surface area (Å²) >= 11 is 0. The maximum Gasteiger partial charge on any atom is 0.277 e. The van der Waals surface area contributed by atoms with E-state index in [1.807, 2.05) is 31.2 Å². The molecule has 9 nitrogen and oxygen atoms in total. The van der Waals surface area contributed by atoms with Crippen molar-refractivity contribution in [1.82, 2.24) is 19.9 Å². The van der Waals surface area contributed by atoms with Gasteiger partial charge in [-0.05, 0) is 19.1 Å². The molecule has 0 atom stereocenters. The number of benzene rings is 2. The highest BCUT2D eigenvalue weighted by Gasteiger charge is 2.15. The molecule has 0 fully saturated rings. The van der Waals surface area contributed by atoms with Crippen LogP contribution < -0.4 is 25.1 Å². The first-order valence-electron chi connectivity index (χ1n) is 10.7. The molecule has 4 aromatic rings. The van der Waals surface area contributed by atoms with Gasteiger partial charge < -0.3 is 24.5 Å². The number of aromatic nitrogens is 3. The number of nitrogens with zero attached hydrogens (tertiary/aromatic N) is 2. The van der Waals surface area contributed by atoms with Crippen LogP contribution in [0.3, 0.4) is 0 Å². The van der Waals surface area contributed by atoms with Gasteiger partial charge in [0.25, 0.3) is 5.56 Å². The third-order valence-corrected chi connectivity index (χ3v) is 5.40. The summed E-state index contributed by atoms with van der Waals surface area (Å²) in [5.41, 5.74) is 2.29. The summed E-state index contributed by atoms with van der Waals surface area (Å²) < 4.78 is 17.7. The third-order valence-electron chi connectivity index (χ3n) is 5.40. The molecule has 2 heterocycles. The van der Waals surface area contributed by atoms with Gasteiger partial charge in [-0.2, -0.15) is 0 Å². The van der Waals surface area contributed by atoms with Gasteiger partial charge in [0.15, 0.2) is 11.5 Å². The molecule has 1 amide bonds. The van der Waals surface area contributed by atoms with Crippen LogP contribution in [-0.2, 0) is 17.9 Å². The molecular weight excluding hydrogens is 424 g/mol. The lowest BCUT2D eigenvalue weighted by molar-refractivity contribution is -0.121. The molecule has 0 unspecified atom stereocenters. The predicted molar refractivity (Wildman–Crippen MR) is 125 cm³/mol. The topological polar surface area (TPSA) is 107 Å². The van der Waals surface area contributed by atoms with Crippen LogP contribution in [0, 0.1) is 0 Å². The molecule has 2 aromatic carbocycles. The largest absolute Gasteiger partial charge is 0.494 e. The molecule has 0 radical (unpaired) electrons. The maximum absolute atomic E-state index is 13.0. The zero-order valence-corrected chi connectivity index (χ0v) is 18.8. The summed E-state index contributed by atoms with van der Waals surface area (Å²) in [5, 5.41) is 3.64. The smallest absolute Gasteiger partial charge is 0.277 e. The van der Waals surface area contributed by atoms with E-state index in [2.05, 4.69) is 15.3 Å². The molecule has 0 bridgehead atoms. The van der Waals surface area contributed by atoms with E-state index in [1.165, 1.54) is 10.9 Å². The Morgan fingerprint density at radius 2 is 1.88 bits per heavy atom. The molecule has 0 saturated carbocycles. The first kappa shape index (κ1) is 22.2. The van der Waals surface area contributed by atoms with Gasteiger partial charge in [0.05, 0.1) is 32.7 Å². The number of hydrogen-bond acceptors (Lipinski definition) is 6. The monoisotopic (exact) mass is 450 g/mol. The second kappa shape index (κ2) is 9.64. The van der Waals surface area contributed by atoms with Crippen molar-refractivity contribution < 1.29 is 19.0 Å². The van der Waals surface area contributed by atoms with Gasteiger partial charge in [0.1, 0.15) is 16.8 Å². The van der Waals surface area contributed by atoms with E-state index in [1.54, 1.807) is 26.4 Å². The molecule has 0 spiro atoms. The number of rotatable bonds is 9. The van der Waals surface area contributed by atoms with E-state index in [-0.39, 0.29) is 24.4 Å². The number of hydrogen-bond donors (Lipinski definition) is 2. The molecule has 0 saturated heterocycles. The number of methoxy groups -OCH3 is 2. The van der Waals surface area contributed by atoms with Gasteiger partial charge in [0.2, 0.25) is 5.91 Å². The van der Waals surface area contributed by atoms with Crippen molar-refractivity contribution >= 4 is 27.8 Å². The van der Waals surface area contributed by atoms with Crippen molar-refractivity contribution in [3.05, 3.63) is 58.6 Å². The number of aromatic amines is 1. The van der Waals surface area contributed by atoms with Crippen LogP contribution in [0.1, 0.15) is 18.9 Å². The van der Waals surface area contributed by atoms with E-state index in [9.17, 15) is 9.59 Å². The fraction of sp³-hybridized carbons (Fsp3) is 0.292. The summed E-state index contributed by atoms with van der Waals surface area (Å²) in [6.07, 6.45) is 1.61. The number of para-hydroxylation sites is 1. The normalized spacial score (nSPS) is 11.0. The zero-order valence-electron chi connectivity index (χ0n) is 18.8. The zero-order chi connectivity index (χ0) is 23.4. The van der Waals surface area contributed by atoms with Crippen molar-refractivity contribution in [3.63, 3.8) is 0 Å². The summed E-state index contributed by atoms with van der Waals surface area (Å²) in [6.45, 7) is 3.03. The fourth-order valence-corrected chi connectivity index (χ4v) is 3.73. The number of amides is 1. The standard InChI is InChI=1S/C24H26N4O5/c1-4-33-18-8-6-5-7-15(18)13-25-21(29)9-10-28-14-26-22-16-11-19(31-2)20(32-3)12-17(16)27-23(22)24(28)30/h5-8,11-12,14,27H,4,9-10,13H2,1-3H3,(H,25,29). The molecule has 172 valence electrons. The molecule has 2 aromatic heterocycles. The minimum Gasteiger partial charge on any atom is -0.494 e. The summed E-state index contributed by atoms with van der Waals surface area (Å²) in [5.74, 6) is 1.69. The predicted octanol–water partition coefficient (Wildman–Crippen LogP) is 3.00. The van der Waals surface area contributed by atoms with Crippen LogP contribution in [0.15, 0.2) is 47.5 Å². The van der Waals surface area contributed by atoms with Crippen molar-refractivity contribution in [2.24, 2.45) is 0 Å². The highest BCUT2D eigenvalue weighted by atomic mass is 16.5. The van der Waals surface area contributed by atoms with E-state index < -0.39 is 0 Å². The van der Waals surface area contributed by atoms with Crippen molar-refractivity contribution in [3.8, 4) is 17.2 Å². The van der Waals surface area contributed by atoms with Crippen molar-refractivity contribution in [1.29, 1.82) is 0 Å². The Bertz CT molecular complexity index is 1360. The number of H-pyrrole nitrogens is 1. The van der Waals surface area contributed by atoms with E-state index in [0.717, 1.165) is 22.2 Å². The van der Waals surface area contributed by atoms with Gasteiger partial charge in [-0.3, -0.25) is 14.2 Å². The van der Waals surface area contributed by atoms with Gasteiger partial charge in [0, 0.05) is 36.5 Å². The highest BCUT2D eigenvalue weighted by Crippen LogP contribution is 2.34. The molecule has 0 aliphatic rings. The fourth-order valence-electron chi connectivity index (χ4n) is 3.73. The number of carbonyl (C=O) groups excluding carboxylic acids is 1. The van der Waals surface area contributed by atoms with Gasteiger partial charge >= 0.3 is 0 Å². The number of nitrogens with one attached hydrogen (secondary N) is 2. The summed E-state index contributed by atoms with van der Waals surface area (Å²) in [4.78, 5) is 33.0. The Balaban J connectivity index is 1.49. The van der Waals surface area contributed by atoms with E-state index >= 15 is 0 Å². The minimum absolute atomic E-state index is 0.145. The molecule has 0 aliphatic carbocycles. The van der Waals surface area contributed by atoms with Gasteiger partial charge in [-0.25, -0.2) is 4.98 Å². The Hall–Kier alpha value is -4.01. The summed E-state index contributed by atoms with van der Waals surface area (Å²) in [7, 11) is 3.11. The molecule has 4 rings (SSSR count). The molecule has 0 aliphatic heterocycles. The number of fused-ring (bicyclic) bond motifs is 3. The van der Waals surface area contributed by atoms with Gasteiger partial charge in [-0.1, -0.05) is 18.2 Å². The van der Waals surface area contributed by atoms with Crippen LogP contribution in [0.5, 0.6) is 17.2 Å². The van der Waals surface area contributed by atoms with Crippen LogP contribution in [0.4, 0.5) is 0 Å². The number of aryl methyl sites for hydroxylation is 1. The van der Waals surface area contributed by atoms with Crippen LogP contribution in [0.2, 0.25) is 0 Å². The Morgan fingerprint density at radius 1 is 1.12 bits per heavy atom. The molecule has 9 heteroatoms. The Kier molecular flexibility index (Phi) is 6.48. The average molecular weight is 450 g/mol. The lowest BCUT2D eigenvalue weighted by Gasteiger charge is -2.11. The quantitative estimate of drug-likeness (QED) is 0.406. The molecule has 33 heavy (non-hydrogen) atoms. The van der Waals surface area contributed by atoms with Crippen LogP contribution >= 0.6 is 0 Å². The van der Waals surface area contributed by atoms with E-state index in [0.29, 0.717) is 35.7 Å². The number of ether oxygens (including phenoxy) is 3. The SMILES string of the molecule is CCOc1ccccc1CNC(=O)CCn1cnc2c([nH]c3cc(OC)c(OC)cc32)c1=O. The first-order chi connectivity index (χ1) is 16.0.